The topological polar surface area (TPSA) is 25.8 Å². The van der Waals surface area contributed by atoms with Crippen LogP contribution in [0.15, 0.2) is 11.7 Å². The molecule has 2 heterocycles. The van der Waals surface area contributed by atoms with Gasteiger partial charge in [0.05, 0.1) is 21.4 Å². The highest BCUT2D eigenvalue weighted by Gasteiger charge is 2.21. The molecule has 0 aromatic carbocycles. The Morgan fingerprint density at radius 2 is 1.94 bits per heavy atom. The lowest BCUT2D eigenvalue weighted by atomic mass is 9.90. The molecule has 0 bridgehead atoms. The SMILES string of the molecule is CC(C)Cc1cnc(C(C)(C)C)c2scnc12. The molecule has 0 N–H and O–H groups in total. The van der Waals surface area contributed by atoms with Crippen LogP contribution in [0.3, 0.4) is 0 Å². The van der Waals surface area contributed by atoms with E-state index in [1.807, 2.05) is 11.7 Å². The number of pyridine rings is 1. The Morgan fingerprint density at radius 3 is 2.53 bits per heavy atom. The molecule has 0 aliphatic carbocycles. The van der Waals surface area contributed by atoms with Crippen LogP contribution >= 0.6 is 11.3 Å². The lowest BCUT2D eigenvalue weighted by Gasteiger charge is -2.19. The second-order valence-electron chi connectivity index (χ2n) is 6.01. The highest BCUT2D eigenvalue weighted by Crippen LogP contribution is 2.32. The maximum Gasteiger partial charge on any atom is 0.0878 e. The van der Waals surface area contributed by atoms with E-state index in [-0.39, 0.29) is 5.41 Å². The minimum atomic E-state index is 0.0845. The maximum atomic E-state index is 4.67. The smallest absolute Gasteiger partial charge is 0.0878 e. The number of aromatic nitrogens is 2. The fourth-order valence-corrected chi connectivity index (χ4v) is 3.06. The zero-order valence-electron chi connectivity index (χ0n) is 11.2. The third kappa shape index (κ3) is 2.49. The van der Waals surface area contributed by atoms with Crippen LogP contribution in [0.2, 0.25) is 0 Å². The molecule has 0 fully saturated rings. The molecule has 0 atom stereocenters. The normalized spacial score (nSPS) is 12.6. The third-order valence-corrected chi connectivity index (χ3v) is 3.61. The lowest BCUT2D eigenvalue weighted by molar-refractivity contribution is 0.574. The first-order valence-corrected chi connectivity index (χ1v) is 6.99. The monoisotopic (exact) mass is 248 g/mol. The first-order valence-electron chi connectivity index (χ1n) is 6.11. The number of nitrogens with zero attached hydrogens (tertiary/aromatic N) is 2. The predicted molar refractivity (Wildman–Crippen MR) is 74.7 cm³/mol. The molecule has 0 aliphatic heterocycles. The summed E-state index contributed by atoms with van der Waals surface area (Å²) in [6.07, 6.45) is 3.07. The van der Waals surface area contributed by atoms with E-state index in [9.17, 15) is 0 Å². The van der Waals surface area contributed by atoms with Gasteiger partial charge in [-0.25, -0.2) is 4.98 Å². The maximum absolute atomic E-state index is 4.67. The van der Waals surface area contributed by atoms with Gasteiger partial charge in [-0.15, -0.1) is 11.3 Å². The summed E-state index contributed by atoms with van der Waals surface area (Å²) in [5.41, 5.74) is 5.63. The van der Waals surface area contributed by atoms with Gasteiger partial charge in [-0.3, -0.25) is 4.98 Å². The van der Waals surface area contributed by atoms with E-state index >= 15 is 0 Å². The van der Waals surface area contributed by atoms with E-state index in [0.29, 0.717) is 5.92 Å². The van der Waals surface area contributed by atoms with Gasteiger partial charge in [-0.1, -0.05) is 34.6 Å². The molecule has 17 heavy (non-hydrogen) atoms. The molecule has 0 saturated heterocycles. The van der Waals surface area contributed by atoms with Crippen LogP contribution in [0.4, 0.5) is 0 Å². The number of rotatable bonds is 2. The standard InChI is InChI=1S/C14H20N2S/c1-9(2)6-10-7-15-13(14(3,4)5)12-11(10)16-8-17-12/h7-9H,6H2,1-5H3. The second kappa shape index (κ2) is 4.37. The molecular formula is C14H20N2S. The van der Waals surface area contributed by atoms with Crippen molar-refractivity contribution >= 4 is 21.6 Å². The van der Waals surface area contributed by atoms with E-state index in [4.69, 9.17) is 0 Å². The summed E-state index contributed by atoms with van der Waals surface area (Å²) in [6.45, 7) is 11.1. The van der Waals surface area contributed by atoms with Gasteiger partial charge in [0.15, 0.2) is 0 Å². The van der Waals surface area contributed by atoms with E-state index in [1.54, 1.807) is 11.3 Å². The Bertz CT molecular complexity index is 520. The fraction of sp³-hybridized carbons (Fsp3) is 0.571. The van der Waals surface area contributed by atoms with Crippen LogP contribution < -0.4 is 0 Å². The number of thiazole rings is 1. The van der Waals surface area contributed by atoms with Crippen molar-refractivity contribution in [3.63, 3.8) is 0 Å². The molecule has 92 valence electrons. The van der Waals surface area contributed by atoms with Crippen molar-refractivity contribution in [2.75, 3.05) is 0 Å². The van der Waals surface area contributed by atoms with Crippen LogP contribution in [0.25, 0.3) is 10.2 Å². The van der Waals surface area contributed by atoms with Crippen molar-refractivity contribution in [1.82, 2.24) is 9.97 Å². The minimum Gasteiger partial charge on any atom is -0.259 e. The van der Waals surface area contributed by atoms with Crippen molar-refractivity contribution in [3.05, 3.63) is 23.0 Å². The van der Waals surface area contributed by atoms with Crippen LogP contribution in [0.5, 0.6) is 0 Å². The van der Waals surface area contributed by atoms with Crippen LogP contribution in [0.1, 0.15) is 45.9 Å². The van der Waals surface area contributed by atoms with E-state index in [2.05, 4.69) is 44.6 Å². The Morgan fingerprint density at radius 1 is 1.24 bits per heavy atom. The first-order chi connectivity index (χ1) is 7.89. The van der Waals surface area contributed by atoms with Gasteiger partial charge in [0.1, 0.15) is 0 Å². The zero-order chi connectivity index (χ0) is 12.6. The number of hydrogen-bond donors (Lipinski definition) is 0. The second-order valence-corrected chi connectivity index (χ2v) is 6.86. The van der Waals surface area contributed by atoms with Gasteiger partial charge in [-0.05, 0) is 17.9 Å². The van der Waals surface area contributed by atoms with Gasteiger partial charge in [0.25, 0.3) is 0 Å². The summed E-state index contributed by atoms with van der Waals surface area (Å²) < 4.78 is 1.26. The summed E-state index contributed by atoms with van der Waals surface area (Å²) in [6, 6.07) is 0. The molecule has 2 aromatic heterocycles. The van der Waals surface area contributed by atoms with Gasteiger partial charge in [-0.2, -0.15) is 0 Å². The number of hydrogen-bond acceptors (Lipinski definition) is 3. The summed E-state index contributed by atoms with van der Waals surface area (Å²) >= 11 is 1.71. The summed E-state index contributed by atoms with van der Waals surface area (Å²) in [7, 11) is 0. The van der Waals surface area contributed by atoms with Crippen molar-refractivity contribution in [1.29, 1.82) is 0 Å². The number of fused-ring (bicyclic) bond motifs is 1. The summed E-state index contributed by atoms with van der Waals surface area (Å²) in [5.74, 6) is 0.641. The van der Waals surface area contributed by atoms with Crippen LogP contribution in [0, 0.1) is 5.92 Å². The molecule has 2 aromatic rings. The fourth-order valence-electron chi connectivity index (χ4n) is 2.03. The molecule has 0 saturated carbocycles. The van der Waals surface area contributed by atoms with E-state index in [1.165, 1.54) is 16.0 Å². The van der Waals surface area contributed by atoms with Gasteiger partial charge in [0.2, 0.25) is 0 Å². The largest absolute Gasteiger partial charge is 0.259 e. The van der Waals surface area contributed by atoms with Gasteiger partial charge < -0.3 is 0 Å². The molecule has 0 amide bonds. The zero-order valence-corrected chi connectivity index (χ0v) is 12.1. The van der Waals surface area contributed by atoms with Crippen LogP contribution in [-0.2, 0) is 11.8 Å². The molecule has 0 spiro atoms. The van der Waals surface area contributed by atoms with Gasteiger partial charge in [0, 0.05) is 11.6 Å². The Kier molecular flexibility index (Phi) is 3.21. The highest BCUT2D eigenvalue weighted by molar-refractivity contribution is 7.17. The molecule has 2 nitrogen and oxygen atoms in total. The Balaban J connectivity index is 2.59. The molecule has 0 unspecified atom stereocenters. The molecular weight excluding hydrogens is 228 g/mol. The van der Waals surface area contributed by atoms with Crippen molar-refractivity contribution in [2.45, 2.75) is 46.5 Å². The predicted octanol–water partition coefficient (Wildman–Crippen LogP) is 4.19. The van der Waals surface area contributed by atoms with Crippen molar-refractivity contribution in [3.8, 4) is 0 Å². The molecule has 0 radical (unpaired) electrons. The van der Waals surface area contributed by atoms with Crippen molar-refractivity contribution in [2.24, 2.45) is 5.92 Å². The minimum absolute atomic E-state index is 0.0845. The highest BCUT2D eigenvalue weighted by atomic mass is 32.1. The van der Waals surface area contributed by atoms with E-state index < -0.39 is 0 Å². The van der Waals surface area contributed by atoms with E-state index in [0.717, 1.165) is 11.9 Å². The van der Waals surface area contributed by atoms with Crippen LogP contribution in [-0.4, -0.2) is 9.97 Å². The average molecular weight is 248 g/mol. The molecule has 2 rings (SSSR count). The van der Waals surface area contributed by atoms with Gasteiger partial charge >= 0.3 is 0 Å². The molecule has 3 heteroatoms. The average Bonchev–Trinajstić information content (AvgIpc) is 2.63. The first kappa shape index (κ1) is 12.5. The van der Waals surface area contributed by atoms with Crippen molar-refractivity contribution < 1.29 is 0 Å². The molecule has 0 aliphatic rings. The Labute approximate surface area is 107 Å². The summed E-state index contributed by atoms with van der Waals surface area (Å²) in [5, 5.41) is 0. The third-order valence-electron chi connectivity index (χ3n) is 2.77. The lowest BCUT2D eigenvalue weighted by Crippen LogP contribution is -2.14. The Hall–Kier alpha value is -0.960. The summed E-state index contributed by atoms with van der Waals surface area (Å²) in [4.78, 5) is 9.20. The quantitative estimate of drug-likeness (QED) is 0.796.